The van der Waals surface area contributed by atoms with Crippen molar-refractivity contribution in [2.75, 3.05) is 0 Å². The minimum atomic E-state index is -0.594. The molecule has 12 heavy (non-hydrogen) atoms. The highest BCUT2D eigenvalue weighted by Gasteiger charge is 2.53. The van der Waals surface area contributed by atoms with Crippen LogP contribution in [0.15, 0.2) is 0 Å². The van der Waals surface area contributed by atoms with Crippen molar-refractivity contribution in [3.05, 3.63) is 0 Å². The average molecular weight is 169 g/mol. The first-order valence-corrected chi connectivity index (χ1v) is 5.07. The zero-order valence-corrected chi connectivity index (χ0v) is 7.84. The Labute approximate surface area is 74.1 Å². The monoisotopic (exact) mass is 169 g/mol. The molecule has 0 amide bonds. The summed E-state index contributed by atoms with van der Waals surface area (Å²) in [5.41, 5.74) is 5.36. The second-order valence-electron chi connectivity index (χ2n) is 4.79. The third-order valence-electron chi connectivity index (χ3n) is 3.88. The van der Waals surface area contributed by atoms with Crippen LogP contribution in [0.2, 0.25) is 0 Å². The van der Waals surface area contributed by atoms with Crippen molar-refractivity contribution in [2.45, 2.75) is 56.6 Å². The normalized spacial score (nSPS) is 33.2. The Morgan fingerprint density at radius 3 is 2.25 bits per heavy atom. The van der Waals surface area contributed by atoms with E-state index in [1.54, 1.807) is 0 Å². The standard InChI is InChI=1S/C10H19NO/c1-9(12,8-4-5-8)10(11)6-2-3-7-10/h8,12H,2-7,11H2,1H3. The molecule has 0 aromatic heterocycles. The third-order valence-corrected chi connectivity index (χ3v) is 3.88. The quantitative estimate of drug-likeness (QED) is 0.656. The fourth-order valence-electron chi connectivity index (χ4n) is 2.56. The van der Waals surface area contributed by atoms with Crippen molar-refractivity contribution in [1.29, 1.82) is 0 Å². The molecule has 0 aromatic carbocycles. The predicted octanol–water partition coefficient (Wildman–Crippen LogP) is 1.42. The lowest BCUT2D eigenvalue weighted by molar-refractivity contribution is -0.0368. The Kier molecular flexibility index (Phi) is 1.74. The topological polar surface area (TPSA) is 46.2 Å². The lowest BCUT2D eigenvalue weighted by atomic mass is 9.77. The van der Waals surface area contributed by atoms with Crippen LogP contribution in [-0.2, 0) is 0 Å². The molecule has 2 heteroatoms. The summed E-state index contributed by atoms with van der Waals surface area (Å²) in [6.45, 7) is 1.94. The van der Waals surface area contributed by atoms with E-state index < -0.39 is 5.60 Å². The summed E-state index contributed by atoms with van der Waals surface area (Å²) in [7, 11) is 0. The van der Waals surface area contributed by atoms with Gasteiger partial charge in [0, 0.05) is 5.54 Å². The maximum absolute atomic E-state index is 10.3. The first-order chi connectivity index (χ1) is 5.56. The number of aliphatic hydroxyl groups is 1. The van der Waals surface area contributed by atoms with Crippen LogP contribution in [0.25, 0.3) is 0 Å². The molecule has 1 unspecified atom stereocenters. The number of rotatable bonds is 2. The van der Waals surface area contributed by atoms with E-state index in [4.69, 9.17) is 5.73 Å². The van der Waals surface area contributed by atoms with Crippen molar-refractivity contribution in [3.63, 3.8) is 0 Å². The van der Waals surface area contributed by atoms with E-state index in [0.717, 1.165) is 12.8 Å². The molecule has 0 bridgehead atoms. The third kappa shape index (κ3) is 1.09. The van der Waals surface area contributed by atoms with Crippen LogP contribution in [-0.4, -0.2) is 16.2 Å². The summed E-state index contributed by atoms with van der Waals surface area (Å²) in [6.07, 6.45) is 6.75. The number of hydrogen-bond acceptors (Lipinski definition) is 2. The highest BCUT2D eigenvalue weighted by atomic mass is 16.3. The molecule has 2 fully saturated rings. The minimum absolute atomic E-state index is 0.270. The van der Waals surface area contributed by atoms with Gasteiger partial charge in [0.25, 0.3) is 0 Å². The average Bonchev–Trinajstić information content (AvgIpc) is 2.76. The highest BCUT2D eigenvalue weighted by Crippen LogP contribution is 2.49. The van der Waals surface area contributed by atoms with Gasteiger partial charge in [0.1, 0.15) is 0 Å². The van der Waals surface area contributed by atoms with Crippen molar-refractivity contribution in [3.8, 4) is 0 Å². The van der Waals surface area contributed by atoms with Crippen LogP contribution >= 0.6 is 0 Å². The van der Waals surface area contributed by atoms with Crippen LogP contribution in [0.1, 0.15) is 45.4 Å². The van der Waals surface area contributed by atoms with Gasteiger partial charge >= 0.3 is 0 Å². The summed E-state index contributed by atoms with van der Waals surface area (Å²) >= 11 is 0. The molecule has 0 radical (unpaired) electrons. The molecule has 2 rings (SSSR count). The summed E-state index contributed by atoms with van der Waals surface area (Å²) in [4.78, 5) is 0. The van der Waals surface area contributed by atoms with Crippen LogP contribution in [0.4, 0.5) is 0 Å². The largest absolute Gasteiger partial charge is 0.388 e. The Bertz CT molecular complexity index is 176. The molecule has 0 heterocycles. The number of hydrogen-bond donors (Lipinski definition) is 2. The lowest BCUT2D eigenvalue weighted by Crippen LogP contribution is -2.58. The molecule has 2 saturated carbocycles. The summed E-state index contributed by atoms with van der Waals surface area (Å²) < 4.78 is 0. The second-order valence-corrected chi connectivity index (χ2v) is 4.79. The molecule has 0 spiro atoms. The maximum Gasteiger partial charge on any atom is 0.0826 e. The Morgan fingerprint density at radius 2 is 1.83 bits per heavy atom. The predicted molar refractivity (Wildman–Crippen MR) is 48.7 cm³/mol. The van der Waals surface area contributed by atoms with E-state index in [0.29, 0.717) is 5.92 Å². The molecule has 2 aliphatic rings. The van der Waals surface area contributed by atoms with Gasteiger partial charge in [-0.2, -0.15) is 0 Å². The van der Waals surface area contributed by atoms with Crippen molar-refractivity contribution in [2.24, 2.45) is 11.7 Å². The van der Waals surface area contributed by atoms with E-state index in [1.807, 2.05) is 6.92 Å². The fraction of sp³-hybridized carbons (Fsp3) is 1.00. The van der Waals surface area contributed by atoms with Gasteiger partial charge in [-0.1, -0.05) is 12.8 Å². The maximum atomic E-state index is 10.3. The van der Waals surface area contributed by atoms with E-state index >= 15 is 0 Å². The molecule has 0 saturated heterocycles. The van der Waals surface area contributed by atoms with Crippen molar-refractivity contribution < 1.29 is 5.11 Å². The van der Waals surface area contributed by atoms with Gasteiger partial charge in [-0.05, 0) is 38.5 Å². The van der Waals surface area contributed by atoms with Crippen LogP contribution in [0, 0.1) is 5.92 Å². The minimum Gasteiger partial charge on any atom is -0.388 e. The van der Waals surface area contributed by atoms with Crippen LogP contribution in [0.3, 0.4) is 0 Å². The van der Waals surface area contributed by atoms with Gasteiger partial charge < -0.3 is 10.8 Å². The zero-order chi connectivity index (χ0) is 8.82. The lowest BCUT2D eigenvalue weighted by Gasteiger charge is -2.40. The van der Waals surface area contributed by atoms with E-state index in [-0.39, 0.29) is 5.54 Å². The highest BCUT2D eigenvalue weighted by molar-refractivity contribution is 5.10. The van der Waals surface area contributed by atoms with Gasteiger partial charge in [-0.3, -0.25) is 0 Å². The smallest absolute Gasteiger partial charge is 0.0826 e. The fourth-order valence-corrected chi connectivity index (χ4v) is 2.56. The van der Waals surface area contributed by atoms with Gasteiger partial charge in [0.05, 0.1) is 5.60 Å². The first-order valence-electron chi connectivity index (χ1n) is 5.07. The molecule has 0 aromatic rings. The van der Waals surface area contributed by atoms with E-state index in [9.17, 15) is 5.11 Å². The summed E-state index contributed by atoms with van der Waals surface area (Å²) in [6, 6.07) is 0. The molecule has 2 aliphatic carbocycles. The van der Waals surface area contributed by atoms with Crippen molar-refractivity contribution >= 4 is 0 Å². The Hall–Kier alpha value is -0.0800. The van der Waals surface area contributed by atoms with E-state index in [1.165, 1.54) is 25.7 Å². The summed E-state index contributed by atoms with van der Waals surface area (Å²) in [5.74, 6) is 0.487. The van der Waals surface area contributed by atoms with Crippen LogP contribution < -0.4 is 5.73 Å². The molecular weight excluding hydrogens is 150 g/mol. The first kappa shape index (κ1) is 8.52. The molecule has 2 nitrogen and oxygen atoms in total. The van der Waals surface area contributed by atoms with E-state index in [2.05, 4.69) is 0 Å². The van der Waals surface area contributed by atoms with Gasteiger partial charge in [-0.25, -0.2) is 0 Å². The Balaban J connectivity index is 2.13. The second kappa shape index (κ2) is 2.46. The molecule has 0 aliphatic heterocycles. The molecular formula is C10H19NO. The van der Waals surface area contributed by atoms with Gasteiger partial charge in [0.15, 0.2) is 0 Å². The van der Waals surface area contributed by atoms with Gasteiger partial charge in [0.2, 0.25) is 0 Å². The summed E-state index contributed by atoms with van der Waals surface area (Å²) in [5, 5.41) is 10.3. The SMILES string of the molecule is CC(O)(C1CC1)C1(N)CCCC1. The molecule has 3 N–H and O–H groups in total. The zero-order valence-electron chi connectivity index (χ0n) is 7.84. The van der Waals surface area contributed by atoms with Gasteiger partial charge in [-0.15, -0.1) is 0 Å². The van der Waals surface area contributed by atoms with Crippen LogP contribution in [0.5, 0.6) is 0 Å². The Morgan fingerprint density at radius 1 is 1.33 bits per heavy atom. The number of nitrogens with two attached hydrogens (primary N) is 1. The molecule has 70 valence electrons. The molecule has 1 atom stereocenters. The van der Waals surface area contributed by atoms with Crippen molar-refractivity contribution in [1.82, 2.24) is 0 Å².